The normalized spacial score (nSPS) is 27.3. The van der Waals surface area contributed by atoms with E-state index in [2.05, 4.69) is 6.58 Å². The molecule has 2 atom stereocenters. The number of carbonyl (C=O) groups is 2. The number of nitrogens with zero attached hydrogens (tertiary/aromatic N) is 2. The summed E-state index contributed by atoms with van der Waals surface area (Å²) in [5, 5.41) is 10.4. The van der Waals surface area contributed by atoms with Gasteiger partial charge in [0.25, 0.3) is 0 Å². The Bertz CT molecular complexity index is 646. The van der Waals surface area contributed by atoms with Crippen LogP contribution in [-0.4, -0.2) is 53.0 Å². The molecule has 23 heavy (non-hydrogen) atoms. The number of hydrogen-bond donors (Lipinski definition) is 1. The van der Waals surface area contributed by atoms with Crippen molar-refractivity contribution < 1.29 is 14.7 Å². The maximum atomic E-state index is 12.5. The fourth-order valence-electron chi connectivity index (χ4n) is 3.68. The van der Waals surface area contributed by atoms with Gasteiger partial charge in [-0.25, -0.2) is 0 Å². The Labute approximate surface area is 140 Å². The second kappa shape index (κ2) is 5.98. The van der Waals surface area contributed by atoms with Gasteiger partial charge in [0.1, 0.15) is 5.41 Å². The number of fused-ring (bicyclic) bond motifs is 1. The molecule has 0 bridgehead atoms. The van der Waals surface area contributed by atoms with E-state index in [1.807, 2.05) is 29.2 Å². The van der Waals surface area contributed by atoms with Crippen LogP contribution in [0.5, 0.6) is 0 Å². The van der Waals surface area contributed by atoms with Crippen molar-refractivity contribution >= 4 is 23.5 Å². The molecule has 0 spiro atoms. The minimum atomic E-state index is -1.01. The van der Waals surface area contributed by atoms with E-state index in [0.717, 1.165) is 5.56 Å². The molecule has 0 radical (unpaired) electrons. The molecule has 2 fully saturated rings. The van der Waals surface area contributed by atoms with Crippen molar-refractivity contribution in [3.63, 3.8) is 0 Å². The van der Waals surface area contributed by atoms with Gasteiger partial charge in [-0.15, -0.1) is 6.58 Å². The molecule has 0 aromatic heterocycles. The zero-order valence-corrected chi connectivity index (χ0v) is 13.5. The number of likely N-dealkylation sites (tertiary alicyclic amines) is 2. The standard InChI is InChI=1S/C17H19ClN2O3/c1-2-7-20-11-17(16(22)23)10-19(9-14(17)15(20)21)8-12-3-5-13(18)6-4-12/h2-6,14H,1,7-11H2,(H,22,23)/t14-,17-/m1/s1. The second-order valence-electron chi connectivity index (χ2n) is 6.32. The van der Waals surface area contributed by atoms with E-state index in [0.29, 0.717) is 31.2 Å². The lowest BCUT2D eigenvalue weighted by Crippen LogP contribution is -2.40. The topological polar surface area (TPSA) is 60.9 Å². The summed E-state index contributed by atoms with van der Waals surface area (Å²) in [6.07, 6.45) is 1.64. The highest BCUT2D eigenvalue weighted by Crippen LogP contribution is 2.44. The highest BCUT2D eigenvalue weighted by molar-refractivity contribution is 6.30. The number of halogens is 1. The third-order valence-corrected chi connectivity index (χ3v) is 5.04. The van der Waals surface area contributed by atoms with Gasteiger partial charge in [0, 0.05) is 37.7 Å². The van der Waals surface area contributed by atoms with Crippen molar-refractivity contribution in [2.45, 2.75) is 6.54 Å². The van der Waals surface area contributed by atoms with Gasteiger partial charge in [-0.2, -0.15) is 0 Å². The molecule has 1 amide bonds. The lowest BCUT2D eigenvalue weighted by Gasteiger charge is -2.24. The van der Waals surface area contributed by atoms with Crippen LogP contribution in [0, 0.1) is 11.3 Å². The fraction of sp³-hybridized carbons (Fsp3) is 0.412. The molecule has 2 heterocycles. The molecule has 2 aliphatic rings. The molecular weight excluding hydrogens is 316 g/mol. The van der Waals surface area contributed by atoms with Crippen LogP contribution in [0.1, 0.15) is 5.56 Å². The Hall–Kier alpha value is -1.85. The number of hydrogen-bond acceptors (Lipinski definition) is 3. The van der Waals surface area contributed by atoms with Gasteiger partial charge in [-0.1, -0.05) is 29.8 Å². The van der Waals surface area contributed by atoms with E-state index in [1.165, 1.54) is 0 Å². The molecule has 1 aromatic carbocycles. The smallest absolute Gasteiger partial charge is 0.313 e. The van der Waals surface area contributed by atoms with Crippen molar-refractivity contribution in [3.05, 3.63) is 47.5 Å². The third kappa shape index (κ3) is 2.75. The number of amides is 1. The fourth-order valence-corrected chi connectivity index (χ4v) is 3.81. The number of benzene rings is 1. The maximum Gasteiger partial charge on any atom is 0.313 e. The zero-order chi connectivity index (χ0) is 16.6. The predicted molar refractivity (Wildman–Crippen MR) is 87.1 cm³/mol. The first-order valence-electron chi connectivity index (χ1n) is 7.56. The van der Waals surface area contributed by atoms with Crippen molar-refractivity contribution in [2.24, 2.45) is 11.3 Å². The quantitative estimate of drug-likeness (QED) is 0.835. The SMILES string of the molecule is C=CCN1C[C@]2(C(=O)O)CN(Cc3ccc(Cl)cc3)C[C@@H]2C1=O. The van der Waals surface area contributed by atoms with Crippen molar-refractivity contribution in [3.8, 4) is 0 Å². The highest BCUT2D eigenvalue weighted by atomic mass is 35.5. The first kappa shape index (κ1) is 16.0. The van der Waals surface area contributed by atoms with Gasteiger partial charge in [0.2, 0.25) is 5.91 Å². The Balaban J connectivity index is 1.78. The molecule has 1 N–H and O–H groups in total. The Morgan fingerprint density at radius 3 is 2.65 bits per heavy atom. The summed E-state index contributed by atoms with van der Waals surface area (Å²) in [5.74, 6) is -1.45. The molecular formula is C17H19ClN2O3. The van der Waals surface area contributed by atoms with E-state index in [-0.39, 0.29) is 12.5 Å². The zero-order valence-electron chi connectivity index (χ0n) is 12.7. The van der Waals surface area contributed by atoms with Gasteiger partial charge < -0.3 is 10.0 Å². The summed E-state index contributed by atoms with van der Waals surface area (Å²) in [6, 6.07) is 7.49. The monoisotopic (exact) mass is 334 g/mol. The highest BCUT2D eigenvalue weighted by Gasteiger charge is 2.61. The van der Waals surface area contributed by atoms with Crippen LogP contribution >= 0.6 is 11.6 Å². The average Bonchev–Trinajstić information content (AvgIpc) is 2.99. The van der Waals surface area contributed by atoms with Crippen molar-refractivity contribution in [1.82, 2.24) is 9.80 Å². The summed E-state index contributed by atoms with van der Waals surface area (Å²) in [6.45, 7) is 5.78. The maximum absolute atomic E-state index is 12.5. The average molecular weight is 335 g/mol. The van der Waals surface area contributed by atoms with Gasteiger partial charge in [0.05, 0.1) is 5.92 Å². The molecule has 2 saturated heterocycles. The van der Waals surface area contributed by atoms with Crippen LogP contribution < -0.4 is 0 Å². The van der Waals surface area contributed by atoms with Gasteiger partial charge in [0.15, 0.2) is 0 Å². The lowest BCUT2D eigenvalue weighted by atomic mass is 9.81. The second-order valence-corrected chi connectivity index (χ2v) is 6.75. The van der Waals surface area contributed by atoms with E-state index in [4.69, 9.17) is 11.6 Å². The predicted octanol–water partition coefficient (Wildman–Crippen LogP) is 1.87. The van der Waals surface area contributed by atoms with Crippen LogP contribution in [-0.2, 0) is 16.1 Å². The molecule has 122 valence electrons. The molecule has 2 aliphatic heterocycles. The number of rotatable bonds is 5. The number of aliphatic carboxylic acids is 1. The summed E-state index contributed by atoms with van der Waals surface area (Å²) in [5.41, 5.74) is 0.0530. The largest absolute Gasteiger partial charge is 0.481 e. The minimum absolute atomic E-state index is 0.0779. The molecule has 0 saturated carbocycles. The lowest BCUT2D eigenvalue weighted by molar-refractivity contribution is -0.149. The number of carboxylic acids is 1. The molecule has 6 heteroatoms. The van der Waals surface area contributed by atoms with Gasteiger partial charge >= 0.3 is 5.97 Å². The Morgan fingerprint density at radius 1 is 1.39 bits per heavy atom. The number of carboxylic acid groups (broad SMARTS) is 1. The van der Waals surface area contributed by atoms with Crippen LogP contribution in [0.4, 0.5) is 0 Å². The molecule has 1 aromatic rings. The van der Waals surface area contributed by atoms with E-state index < -0.39 is 17.3 Å². The van der Waals surface area contributed by atoms with E-state index in [1.54, 1.807) is 11.0 Å². The van der Waals surface area contributed by atoms with Gasteiger partial charge in [-0.05, 0) is 17.7 Å². The van der Waals surface area contributed by atoms with Crippen LogP contribution in [0.15, 0.2) is 36.9 Å². The Morgan fingerprint density at radius 2 is 2.09 bits per heavy atom. The summed E-state index contributed by atoms with van der Waals surface area (Å²) in [7, 11) is 0. The first-order valence-corrected chi connectivity index (χ1v) is 7.94. The van der Waals surface area contributed by atoms with Crippen LogP contribution in [0.25, 0.3) is 0 Å². The summed E-state index contributed by atoms with van der Waals surface area (Å²) in [4.78, 5) is 28.0. The van der Waals surface area contributed by atoms with Crippen LogP contribution in [0.3, 0.4) is 0 Å². The molecule has 5 nitrogen and oxygen atoms in total. The molecule has 0 unspecified atom stereocenters. The summed E-state index contributed by atoms with van der Waals surface area (Å²) < 4.78 is 0. The van der Waals surface area contributed by atoms with E-state index >= 15 is 0 Å². The minimum Gasteiger partial charge on any atom is -0.481 e. The van der Waals surface area contributed by atoms with E-state index in [9.17, 15) is 14.7 Å². The Kier molecular flexibility index (Phi) is 4.17. The van der Waals surface area contributed by atoms with Crippen molar-refractivity contribution in [1.29, 1.82) is 0 Å². The molecule has 3 rings (SSSR count). The number of carbonyl (C=O) groups excluding carboxylic acids is 1. The third-order valence-electron chi connectivity index (χ3n) is 4.79. The van der Waals surface area contributed by atoms with Crippen LogP contribution in [0.2, 0.25) is 5.02 Å². The van der Waals surface area contributed by atoms with Crippen molar-refractivity contribution in [2.75, 3.05) is 26.2 Å². The first-order chi connectivity index (χ1) is 11.0. The van der Waals surface area contributed by atoms with Gasteiger partial charge in [-0.3, -0.25) is 14.5 Å². The summed E-state index contributed by atoms with van der Waals surface area (Å²) >= 11 is 5.89. The molecule has 0 aliphatic carbocycles.